The fourth-order valence-electron chi connectivity index (χ4n) is 2.33. The second kappa shape index (κ2) is 8.19. The number of nitrogens with one attached hydrogen (secondary N) is 1. The first kappa shape index (κ1) is 19.0. The number of hydrogen-bond acceptors (Lipinski definition) is 3. The smallest absolute Gasteiger partial charge is 0.335 e. The molecule has 0 aliphatic carbocycles. The summed E-state index contributed by atoms with van der Waals surface area (Å²) in [6.45, 7) is 0. The van der Waals surface area contributed by atoms with Crippen LogP contribution in [0.5, 0.6) is 0 Å². The Morgan fingerprint density at radius 3 is 2.27 bits per heavy atom. The molecule has 26 heavy (non-hydrogen) atoms. The first-order valence-corrected chi connectivity index (χ1v) is 7.61. The summed E-state index contributed by atoms with van der Waals surface area (Å²) in [5.74, 6) is -4.15. The molecule has 0 heterocycles. The van der Waals surface area contributed by atoms with E-state index in [0.29, 0.717) is 11.6 Å². The van der Waals surface area contributed by atoms with Crippen LogP contribution in [0.15, 0.2) is 42.5 Å². The molecule has 0 saturated carbocycles. The van der Waals surface area contributed by atoms with E-state index in [1.54, 1.807) is 0 Å². The summed E-state index contributed by atoms with van der Waals surface area (Å²) in [7, 11) is 0. The van der Waals surface area contributed by atoms with Gasteiger partial charge >= 0.3 is 5.97 Å². The van der Waals surface area contributed by atoms with Gasteiger partial charge in [0, 0.05) is 12.5 Å². The molecule has 8 heteroatoms. The number of primary amides is 1. The maximum atomic E-state index is 13.6. The van der Waals surface area contributed by atoms with Gasteiger partial charge in [-0.25, -0.2) is 13.6 Å². The minimum atomic E-state index is -1.09. The predicted molar refractivity (Wildman–Crippen MR) is 88.3 cm³/mol. The molecule has 0 fully saturated rings. The van der Waals surface area contributed by atoms with E-state index in [1.165, 1.54) is 24.3 Å². The molecular weight excluding hydrogens is 346 g/mol. The third-order valence-corrected chi connectivity index (χ3v) is 3.69. The zero-order chi connectivity index (χ0) is 19.3. The fraction of sp³-hybridized carbons (Fsp3) is 0.167. The molecule has 0 saturated heterocycles. The van der Waals surface area contributed by atoms with Crippen LogP contribution in [0.4, 0.5) is 8.78 Å². The quantitative estimate of drug-likeness (QED) is 0.692. The van der Waals surface area contributed by atoms with Crippen LogP contribution >= 0.6 is 0 Å². The number of carbonyl (C=O) groups excluding carboxylic acids is 2. The molecule has 0 aliphatic heterocycles. The van der Waals surface area contributed by atoms with Crippen LogP contribution in [0, 0.1) is 11.6 Å². The summed E-state index contributed by atoms with van der Waals surface area (Å²) < 4.78 is 26.5. The Balaban J connectivity index is 2.04. The number of amides is 2. The number of aromatic carboxylic acids is 1. The van der Waals surface area contributed by atoms with Gasteiger partial charge in [0.2, 0.25) is 11.8 Å². The molecule has 2 amide bonds. The molecule has 0 aliphatic rings. The van der Waals surface area contributed by atoms with Crippen molar-refractivity contribution in [2.75, 3.05) is 0 Å². The average molecular weight is 362 g/mol. The van der Waals surface area contributed by atoms with Crippen molar-refractivity contribution in [2.45, 2.75) is 18.9 Å². The van der Waals surface area contributed by atoms with Gasteiger partial charge in [0.15, 0.2) is 0 Å². The molecule has 0 bridgehead atoms. The molecular formula is C18H16F2N2O4. The van der Waals surface area contributed by atoms with Crippen molar-refractivity contribution >= 4 is 17.8 Å². The van der Waals surface area contributed by atoms with Gasteiger partial charge in [0.25, 0.3) is 0 Å². The van der Waals surface area contributed by atoms with Gasteiger partial charge in [-0.3, -0.25) is 9.59 Å². The second-order valence-electron chi connectivity index (χ2n) is 5.64. The van der Waals surface area contributed by atoms with Crippen LogP contribution < -0.4 is 11.1 Å². The van der Waals surface area contributed by atoms with Crippen LogP contribution in [0.3, 0.4) is 0 Å². The van der Waals surface area contributed by atoms with Crippen LogP contribution in [0.25, 0.3) is 0 Å². The maximum Gasteiger partial charge on any atom is 0.335 e. The number of benzene rings is 2. The largest absolute Gasteiger partial charge is 0.478 e. The zero-order valence-corrected chi connectivity index (χ0v) is 13.5. The SMILES string of the molecule is NC(=O)[C@H](Cc1ccc(C(=O)O)cc1)NC(=O)Cc1ccc(F)cc1F. The van der Waals surface area contributed by atoms with E-state index in [9.17, 15) is 23.2 Å². The molecule has 0 spiro atoms. The Bertz CT molecular complexity index is 838. The van der Waals surface area contributed by atoms with Gasteiger partial charge in [-0.2, -0.15) is 0 Å². The van der Waals surface area contributed by atoms with Crippen LogP contribution in [0.2, 0.25) is 0 Å². The Morgan fingerprint density at radius 2 is 1.73 bits per heavy atom. The Labute approximate surface area is 147 Å². The number of nitrogens with two attached hydrogens (primary N) is 1. The average Bonchev–Trinajstić information content (AvgIpc) is 2.57. The van der Waals surface area contributed by atoms with E-state index < -0.39 is 35.5 Å². The zero-order valence-electron chi connectivity index (χ0n) is 13.5. The highest BCUT2D eigenvalue weighted by atomic mass is 19.1. The molecule has 0 unspecified atom stereocenters. The number of halogens is 2. The van der Waals surface area contributed by atoms with Gasteiger partial charge < -0.3 is 16.2 Å². The van der Waals surface area contributed by atoms with Gasteiger partial charge in [-0.1, -0.05) is 18.2 Å². The minimum Gasteiger partial charge on any atom is -0.478 e. The lowest BCUT2D eigenvalue weighted by Crippen LogP contribution is -2.46. The molecule has 1 atom stereocenters. The van der Waals surface area contributed by atoms with Crippen molar-refractivity contribution in [1.82, 2.24) is 5.32 Å². The van der Waals surface area contributed by atoms with E-state index in [0.717, 1.165) is 12.1 Å². The first-order valence-electron chi connectivity index (χ1n) is 7.61. The lowest BCUT2D eigenvalue weighted by atomic mass is 10.0. The minimum absolute atomic E-state index is 0.0158. The number of hydrogen-bond donors (Lipinski definition) is 3. The van der Waals surface area contributed by atoms with Gasteiger partial charge in [0.1, 0.15) is 17.7 Å². The van der Waals surface area contributed by atoms with Crippen molar-refractivity contribution in [3.63, 3.8) is 0 Å². The van der Waals surface area contributed by atoms with Crippen LogP contribution in [-0.4, -0.2) is 28.9 Å². The number of carboxylic acids is 1. The van der Waals surface area contributed by atoms with Gasteiger partial charge in [-0.05, 0) is 29.3 Å². The summed E-state index contributed by atoms with van der Waals surface area (Å²) in [5.41, 5.74) is 5.94. The van der Waals surface area contributed by atoms with Crippen molar-refractivity contribution < 1.29 is 28.3 Å². The molecule has 0 aromatic heterocycles. The van der Waals surface area contributed by atoms with Crippen molar-refractivity contribution in [3.8, 4) is 0 Å². The highest BCUT2D eigenvalue weighted by molar-refractivity contribution is 5.88. The fourth-order valence-corrected chi connectivity index (χ4v) is 2.33. The Morgan fingerprint density at radius 1 is 1.08 bits per heavy atom. The number of carbonyl (C=O) groups is 3. The van der Waals surface area contributed by atoms with Gasteiger partial charge in [-0.15, -0.1) is 0 Å². The van der Waals surface area contributed by atoms with Crippen LogP contribution in [0.1, 0.15) is 21.5 Å². The topological polar surface area (TPSA) is 109 Å². The summed E-state index contributed by atoms with van der Waals surface area (Å²) >= 11 is 0. The van der Waals surface area contributed by atoms with E-state index in [-0.39, 0.29) is 24.0 Å². The summed E-state index contributed by atoms with van der Waals surface area (Å²) in [5, 5.41) is 11.3. The van der Waals surface area contributed by atoms with E-state index in [2.05, 4.69) is 5.32 Å². The van der Waals surface area contributed by atoms with Crippen molar-refractivity contribution in [3.05, 3.63) is 70.8 Å². The first-order chi connectivity index (χ1) is 12.3. The molecule has 2 aromatic rings. The molecule has 2 aromatic carbocycles. The monoisotopic (exact) mass is 362 g/mol. The molecule has 0 radical (unpaired) electrons. The second-order valence-corrected chi connectivity index (χ2v) is 5.64. The lowest BCUT2D eigenvalue weighted by molar-refractivity contribution is -0.127. The molecule has 136 valence electrons. The van der Waals surface area contributed by atoms with Crippen molar-refractivity contribution in [1.29, 1.82) is 0 Å². The number of carboxylic acid groups (broad SMARTS) is 1. The molecule has 2 rings (SSSR count). The van der Waals surface area contributed by atoms with E-state index >= 15 is 0 Å². The van der Waals surface area contributed by atoms with Crippen LogP contribution in [-0.2, 0) is 22.4 Å². The highest BCUT2D eigenvalue weighted by Gasteiger charge is 2.20. The Kier molecular flexibility index (Phi) is 6.00. The third-order valence-electron chi connectivity index (χ3n) is 3.69. The lowest BCUT2D eigenvalue weighted by Gasteiger charge is -2.16. The summed E-state index contributed by atoms with van der Waals surface area (Å²) in [4.78, 5) is 34.4. The molecule has 6 nitrogen and oxygen atoms in total. The van der Waals surface area contributed by atoms with Gasteiger partial charge in [0.05, 0.1) is 12.0 Å². The number of rotatable bonds is 7. The predicted octanol–water partition coefficient (Wildman–Crippen LogP) is 1.42. The molecule has 4 N–H and O–H groups in total. The summed E-state index contributed by atoms with van der Waals surface area (Å²) in [6.07, 6.45) is -0.333. The Hall–Kier alpha value is -3.29. The van der Waals surface area contributed by atoms with E-state index in [1.807, 2.05) is 0 Å². The third kappa shape index (κ3) is 5.10. The highest BCUT2D eigenvalue weighted by Crippen LogP contribution is 2.11. The maximum absolute atomic E-state index is 13.6. The standard InChI is InChI=1S/C18H16F2N2O4/c19-13-6-5-12(14(20)9-13)8-16(23)22-15(17(21)24)7-10-1-3-11(4-2-10)18(25)26/h1-6,9,15H,7-8H2,(H2,21,24)(H,22,23)(H,25,26)/t15-/m0/s1. The van der Waals surface area contributed by atoms with Crippen molar-refractivity contribution in [2.24, 2.45) is 5.73 Å². The van der Waals surface area contributed by atoms with E-state index in [4.69, 9.17) is 10.8 Å². The summed E-state index contributed by atoms with van der Waals surface area (Å²) in [6, 6.07) is 7.53. The normalized spacial score (nSPS) is 11.6.